The Labute approximate surface area is 243 Å². The molecule has 0 saturated heterocycles. The lowest BCUT2D eigenvalue weighted by molar-refractivity contribution is -0.139. The molecule has 0 spiro atoms. The zero-order chi connectivity index (χ0) is 29.0. The number of halogens is 1. The van der Waals surface area contributed by atoms with E-state index in [1.807, 2.05) is 38.1 Å². The molecular formula is C31H36BrNO7. The van der Waals surface area contributed by atoms with E-state index in [2.05, 4.69) is 21.2 Å². The molecule has 1 aliphatic heterocycles. The zero-order valence-corrected chi connectivity index (χ0v) is 25.4. The number of rotatable bonds is 10. The predicted molar refractivity (Wildman–Crippen MR) is 155 cm³/mol. The number of allylic oxidation sites excluding steroid dienone is 3. The fraction of sp³-hybridized carbons (Fsp3) is 0.419. The first-order chi connectivity index (χ1) is 19.3. The molecule has 214 valence electrons. The van der Waals surface area contributed by atoms with Gasteiger partial charge >= 0.3 is 5.97 Å². The van der Waals surface area contributed by atoms with Crippen LogP contribution in [0.2, 0.25) is 0 Å². The Morgan fingerprint density at radius 3 is 2.25 bits per heavy atom. The topological polar surface area (TPSA) is 92.3 Å². The smallest absolute Gasteiger partial charge is 0.336 e. The van der Waals surface area contributed by atoms with Crippen molar-refractivity contribution in [3.63, 3.8) is 0 Å². The number of methoxy groups -OCH3 is 4. The first-order valence-corrected chi connectivity index (χ1v) is 14.1. The SMILES string of the molecule is CCCCOC(=O)C1=C(C)NC2=C(C(=O)C[C@@H](c3ccc(OC)c(OC)c3)C2)[C@H]1c1cc(OC)c(OC)cc1Br. The molecule has 0 bridgehead atoms. The van der Waals surface area contributed by atoms with Crippen LogP contribution in [-0.4, -0.2) is 46.8 Å². The van der Waals surface area contributed by atoms with E-state index in [1.165, 1.54) is 0 Å². The van der Waals surface area contributed by atoms with E-state index in [1.54, 1.807) is 34.5 Å². The van der Waals surface area contributed by atoms with Crippen molar-refractivity contribution in [2.75, 3.05) is 35.0 Å². The first-order valence-electron chi connectivity index (χ1n) is 13.3. The van der Waals surface area contributed by atoms with Gasteiger partial charge in [-0.3, -0.25) is 4.79 Å². The van der Waals surface area contributed by atoms with Crippen molar-refractivity contribution >= 4 is 27.7 Å². The number of nitrogens with one attached hydrogen (secondary N) is 1. The summed E-state index contributed by atoms with van der Waals surface area (Å²) in [5, 5.41) is 3.40. The Hall–Kier alpha value is -3.46. The average molecular weight is 615 g/mol. The number of carbonyl (C=O) groups is 2. The lowest BCUT2D eigenvalue weighted by Crippen LogP contribution is -2.36. The molecular weight excluding hydrogens is 578 g/mol. The van der Waals surface area contributed by atoms with E-state index >= 15 is 0 Å². The number of unbranched alkanes of at least 4 members (excludes halogenated alkanes) is 1. The van der Waals surface area contributed by atoms with Crippen LogP contribution in [0.1, 0.15) is 62.5 Å². The third-order valence-corrected chi connectivity index (χ3v) is 8.16. The van der Waals surface area contributed by atoms with Crippen molar-refractivity contribution in [1.29, 1.82) is 0 Å². The number of ketones is 1. The van der Waals surface area contributed by atoms with Gasteiger partial charge < -0.3 is 29.0 Å². The Bertz CT molecular complexity index is 1360. The molecule has 1 N–H and O–H groups in total. The van der Waals surface area contributed by atoms with Crippen molar-refractivity contribution in [2.45, 2.75) is 51.4 Å². The molecule has 40 heavy (non-hydrogen) atoms. The van der Waals surface area contributed by atoms with Crippen molar-refractivity contribution in [1.82, 2.24) is 5.32 Å². The molecule has 0 unspecified atom stereocenters. The molecule has 0 saturated carbocycles. The number of ether oxygens (including phenoxy) is 5. The third kappa shape index (κ3) is 5.70. The van der Waals surface area contributed by atoms with Gasteiger partial charge in [-0.1, -0.05) is 35.3 Å². The number of Topliss-reactive ketones (excluding diaryl/α,β-unsaturated/α-hetero) is 1. The summed E-state index contributed by atoms with van der Waals surface area (Å²) >= 11 is 3.67. The number of hydrogen-bond donors (Lipinski definition) is 1. The van der Waals surface area contributed by atoms with Crippen LogP contribution in [0, 0.1) is 0 Å². The van der Waals surface area contributed by atoms with Crippen LogP contribution in [0.4, 0.5) is 0 Å². The van der Waals surface area contributed by atoms with Crippen LogP contribution < -0.4 is 24.3 Å². The quantitative estimate of drug-likeness (QED) is 0.250. The van der Waals surface area contributed by atoms with E-state index in [0.29, 0.717) is 57.3 Å². The summed E-state index contributed by atoms with van der Waals surface area (Å²) in [6, 6.07) is 9.37. The Morgan fingerprint density at radius 1 is 0.950 bits per heavy atom. The van der Waals surface area contributed by atoms with Crippen LogP contribution in [0.15, 0.2) is 57.3 Å². The van der Waals surface area contributed by atoms with E-state index in [4.69, 9.17) is 23.7 Å². The third-order valence-electron chi connectivity index (χ3n) is 7.47. The maximum Gasteiger partial charge on any atom is 0.336 e. The number of benzene rings is 2. The summed E-state index contributed by atoms with van der Waals surface area (Å²) in [5.41, 5.74) is 4.15. The van der Waals surface area contributed by atoms with Crippen LogP contribution in [0.5, 0.6) is 23.0 Å². The molecule has 0 amide bonds. The minimum absolute atomic E-state index is 0.0356. The maximum atomic E-state index is 14.0. The lowest BCUT2D eigenvalue weighted by atomic mass is 9.71. The van der Waals surface area contributed by atoms with Gasteiger partial charge in [-0.05, 0) is 61.1 Å². The number of hydrogen-bond acceptors (Lipinski definition) is 8. The van der Waals surface area contributed by atoms with Crippen LogP contribution in [-0.2, 0) is 14.3 Å². The molecule has 0 aromatic heterocycles. The van der Waals surface area contributed by atoms with Gasteiger partial charge in [0.2, 0.25) is 0 Å². The zero-order valence-electron chi connectivity index (χ0n) is 23.8. The standard InChI is InChI=1S/C31H36BrNO7/c1-7-8-11-40-31(35)28-17(2)33-22-12-19(18-9-10-24(36-3)25(14-18)37-4)13-23(34)30(22)29(28)20-15-26(38-5)27(39-6)16-21(20)32/h9-10,14-16,19,29,33H,7-8,11-13H2,1-6H3/t19-,29-/m0/s1. The summed E-state index contributed by atoms with van der Waals surface area (Å²) < 4.78 is 28.3. The number of dihydropyridines is 1. The molecule has 4 rings (SSSR count). The molecule has 0 fully saturated rings. The van der Waals surface area contributed by atoms with Crippen LogP contribution in [0.3, 0.4) is 0 Å². The van der Waals surface area contributed by atoms with Gasteiger partial charge in [0, 0.05) is 33.8 Å². The van der Waals surface area contributed by atoms with Crippen molar-refractivity contribution in [3.05, 3.63) is 68.5 Å². The summed E-state index contributed by atoms with van der Waals surface area (Å²) in [6.45, 7) is 4.20. The fourth-order valence-corrected chi connectivity index (χ4v) is 5.99. The van der Waals surface area contributed by atoms with Gasteiger partial charge in [-0.2, -0.15) is 0 Å². The largest absolute Gasteiger partial charge is 0.493 e. The summed E-state index contributed by atoms with van der Waals surface area (Å²) in [7, 11) is 6.31. The first kappa shape index (κ1) is 29.5. The number of carbonyl (C=O) groups excluding carboxylic acids is 2. The second kappa shape index (κ2) is 12.8. The lowest BCUT2D eigenvalue weighted by Gasteiger charge is -2.37. The molecule has 2 aromatic carbocycles. The Kier molecular flexibility index (Phi) is 9.45. The Morgan fingerprint density at radius 2 is 1.60 bits per heavy atom. The van der Waals surface area contributed by atoms with E-state index in [0.717, 1.165) is 29.7 Å². The van der Waals surface area contributed by atoms with Crippen molar-refractivity contribution in [3.8, 4) is 23.0 Å². The van der Waals surface area contributed by atoms with Gasteiger partial charge in [-0.25, -0.2) is 4.79 Å². The number of esters is 1. The molecule has 1 aliphatic carbocycles. The highest BCUT2D eigenvalue weighted by molar-refractivity contribution is 9.10. The monoisotopic (exact) mass is 613 g/mol. The highest BCUT2D eigenvalue weighted by Crippen LogP contribution is 2.49. The molecule has 8 nitrogen and oxygen atoms in total. The highest BCUT2D eigenvalue weighted by Gasteiger charge is 2.42. The maximum absolute atomic E-state index is 14.0. The molecule has 2 aromatic rings. The normalized spacial score (nSPS) is 18.6. The second-order valence-electron chi connectivity index (χ2n) is 9.85. The minimum atomic E-state index is -0.640. The molecule has 2 atom stereocenters. The van der Waals surface area contributed by atoms with Crippen molar-refractivity contribution < 1.29 is 33.3 Å². The Balaban J connectivity index is 1.82. The van der Waals surface area contributed by atoms with Crippen LogP contribution in [0.25, 0.3) is 0 Å². The summed E-state index contributed by atoms with van der Waals surface area (Å²) in [6.07, 6.45) is 2.54. The van der Waals surface area contributed by atoms with Gasteiger partial charge in [0.15, 0.2) is 28.8 Å². The molecule has 0 radical (unpaired) electrons. The van der Waals surface area contributed by atoms with Gasteiger partial charge in [0.1, 0.15) is 0 Å². The van der Waals surface area contributed by atoms with Gasteiger partial charge in [-0.15, -0.1) is 0 Å². The fourth-order valence-electron chi connectivity index (χ4n) is 5.44. The molecule has 1 heterocycles. The van der Waals surface area contributed by atoms with E-state index < -0.39 is 11.9 Å². The van der Waals surface area contributed by atoms with Gasteiger partial charge in [0.05, 0.1) is 40.6 Å². The van der Waals surface area contributed by atoms with E-state index in [-0.39, 0.29) is 18.1 Å². The molecule has 2 aliphatic rings. The van der Waals surface area contributed by atoms with E-state index in [9.17, 15) is 9.59 Å². The second-order valence-corrected chi connectivity index (χ2v) is 10.7. The van der Waals surface area contributed by atoms with Gasteiger partial charge in [0.25, 0.3) is 0 Å². The van der Waals surface area contributed by atoms with Crippen molar-refractivity contribution in [2.24, 2.45) is 0 Å². The minimum Gasteiger partial charge on any atom is -0.493 e. The average Bonchev–Trinajstić information content (AvgIpc) is 2.95. The summed E-state index contributed by atoms with van der Waals surface area (Å²) in [5.74, 6) is 1.11. The van der Waals surface area contributed by atoms with Crippen LogP contribution >= 0.6 is 15.9 Å². The predicted octanol–water partition coefficient (Wildman–Crippen LogP) is 6.19. The highest BCUT2D eigenvalue weighted by atomic mass is 79.9. The molecule has 9 heteroatoms. The summed E-state index contributed by atoms with van der Waals surface area (Å²) in [4.78, 5) is 27.5.